The molecule has 0 aromatic carbocycles. The number of hydrogen-bond acceptors (Lipinski definition) is 3. The van der Waals surface area contributed by atoms with Crippen molar-refractivity contribution in [2.45, 2.75) is 12.6 Å². The summed E-state index contributed by atoms with van der Waals surface area (Å²) in [5, 5.41) is 0. The van der Waals surface area contributed by atoms with E-state index in [0.717, 1.165) is 17.2 Å². The van der Waals surface area contributed by atoms with Crippen molar-refractivity contribution < 1.29 is 22.8 Å². The molecule has 20 heavy (non-hydrogen) atoms. The second-order valence-electron chi connectivity index (χ2n) is 4.33. The third kappa shape index (κ3) is 2.77. The quantitative estimate of drug-likeness (QED) is 0.880. The molecule has 0 aliphatic carbocycles. The van der Waals surface area contributed by atoms with E-state index < -0.39 is 29.5 Å². The molecule has 1 aliphatic heterocycles. The number of nitrogens with zero attached hydrogens (tertiary/aromatic N) is 2. The highest BCUT2D eigenvalue weighted by Gasteiger charge is 2.37. The average Bonchev–Trinajstić information content (AvgIpc) is 2.71. The van der Waals surface area contributed by atoms with Gasteiger partial charge < -0.3 is 5.73 Å². The first-order chi connectivity index (χ1) is 9.20. The molecule has 9 heteroatoms. The van der Waals surface area contributed by atoms with Crippen molar-refractivity contribution in [1.82, 2.24) is 4.98 Å². The summed E-state index contributed by atoms with van der Waals surface area (Å²) in [4.78, 5) is 27.6. The summed E-state index contributed by atoms with van der Waals surface area (Å²) in [7, 11) is 0. The molecule has 1 atom stereocenters. The largest absolute Gasteiger partial charge is 0.417 e. The predicted octanol–water partition coefficient (Wildman–Crippen LogP) is 1.70. The first-order valence-corrected chi connectivity index (χ1v) is 6.32. The highest BCUT2D eigenvalue weighted by Crippen LogP contribution is 2.37. The van der Waals surface area contributed by atoms with Crippen LogP contribution in [0.4, 0.5) is 19.0 Å². The van der Waals surface area contributed by atoms with Crippen molar-refractivity contribution in [3.63, 3.8) is 0 Å². The number of aromatic nitrogens is 1. The summed E-state index contributed by atoms with van der Waals surface area (Å²) in [6, 6.07) is 0.769. The molecule has 2 N–H and O–H groups in total. The lowest BCUT2D eigenvalue weighted by atomic mass is 10.1. The van der Waals surface area contributed by atoms with Gasteiger partial charge in [0.15, 0.2) is 0 Å². The fourth-order valence-electron chi connectivity index (χ4n) is 1.91. The molecule has 2 amide bonds. The molecule has 1 saturated heterocycles. The Hall–Kier alpha value is -1.64. The minimum atomic E-state index is -4.57. The number of alkyl halides is 3. The van der Waals surface area contributed by atoms with Gasteiger partial charge in [0.2, 0.25) is 11.8 Å². The summed E-state index contributed by atoms with van der Waals surface area (Å²) >= 11 is 2.76. The van der Waals surface area contributed by atoms with Crippen LogP contribution in [0.1, 0.15) is 12.0 Å². The van der Waals surface area contributed by atoms with Crippen LogP contribution in [0.5, 0.6) is 0 Å². The van der Waals surface area contributed by atoms with Gasteiger partial charge in [-0.25, -0.2) is 4.98 Å². The van der Waals surface area contributed by atoms with Crippen LogP contribution in [0.2, 0.25) is 0 Å². The molecular weight excluding hydrogens is 343 g/mol. The van der Waals surface area contributed by atoms with Gasteiger partial charge in [-0.05, 0) is 22.0 Å². The van der Waals surface area contributed by atoms with Crippen molar-refractivity contribution in [2.24, 2.45) is 11.7 Å². The molecule has 1 aliphatic rings. The number of halogens is 4. The summed E-state index contributed by atoms with van der Waals surface area (Å²) in [6.07, 6.45) is -3.71. The Morgan fingerprint density at radius 2 is 2.15 bits per heavy atom. The maximum Gasteiger partial charge on any atom is 0.417 e. The minimum absolute atomic E-state index is 0.0555. The van der Waals surface area contributed by atoms with E-state index >= 15 is 0 Å². The Kier molecular flexibility index (Phi) is 3.72. The summed E-state index contributed by atoms with van der Waals surface area (Å²) in [6.45, 7) is -0.0555. The molecule has 1 fully saturated rings. The number of rotatable bonds is 2. The van der Waals surface area contributed by atoms with Gasteiger partial charge in [0.1, 0.15) is 5.82 Å². The lowest BCUT2D eigenvalue weighted by molar-refractivity contribution is -0.138. The van der Waals surface area contributed by atoms with E-state index in [1.54, 1.807) is 0 Å². The zero-order valence-electron chi connectivity index (χ0n) is 9.95. The van der Waals surface area contributed by atoms with Crippen molar-refractivity contribution in [2.75, 3.05) is 11.4 Å². The molecule has 1 aromatic heterocycles. The van der Waals surface area contributed by atoms with Gasteiger partial charge in [-0.3, -0.25) is 14.5 Å². The zero-order chi connectivity index (χ0) is 15.1. The van der Waals surface area contributed by atoms with Crippen molar-refractivity contribution in [3.8, 4) is 0 Å². The maximum absolute atomic E-state index is 12.8. The molecule has 2 rings (SSSR count). The summed E-state index contributed by atoms with van der Waals surface area (Å²) in [5.41, 5.74) is 4.17. The van der Waals surface area contributed by atoms with Crippen molar-refractivity contribution >= 4 is 33.6 Å². The fourth-order valence-corrected chi connectivity index (χ4v) is 2.35. The Balaban J connectivity index is 2.35. The lowest BCUT2D eigenvalue weighted by Crippen LogP contribution is -2.29. The van der Waals surface area contributed by atoms with Crippen LogP contribution in [0, 0.1) is 5.92 Å². The molecule has 5 nitrogen and oxygen atoms in total. The van der Waals surface area contributed by atoms with E-state index in [2.05, 4.69) is 20.9 Å². The molecule has 0 spiro atoms. The molecule has 108 valence electrons. The van der Waals surface area contributed by atoms with E-state index in [0.29, 0.717) is 0 Å². The van der Waals surface area contributed by atoms with Crippen LogP contribution in [0.25, 0.3) is 0 Å². The Morgan fingerprint density at radius 3 is 2.65 bits per heavy atom. The fraction of sp³-hybridized carbons (Fsp3) is 0.364. The van der Waals surface area contributed by atoms with E-state index in [4.69, 9.17) is 5.73 Å². The Labute approximate surface area is 120 Å². The lowest BCUT2D eigenvalue weighted by Gasteiger charge is -2.17. The monoisotopic (exact) mass is 351 g/mol. The number of hydrogen-bond donors (Lipinski definition) is 1. The number of nitrogens with two attached hydrogens (primary N) is 1. The molecule has 0 bridgehead atoms. The molecule has 0 saturated carbocycles. The molecule has 1 aromatic rings. The zero-order valence-corrected chi connectivity index (χ0v) is 11.5. The second-order valence-corrected chi connectivity index (χ2v) is 5.18. The number of carbonyl (C=O) groups excluding carboxylic acids is 2. The van der Waals surface area contributed by atoms with Gasteiger partial charge in [-0.1, -0.05) is 0 Å². The summed E-state index contributed by atoms with van der Waals surface area (Å²) in [5.74, 6) is -1.98. The standard InChI is InChI=1S/C11H9BrF3N3O2/c12-7-3-17-8(2-6(7)11(13,14)15)18-4-5(10(16)20)1-9(18)19/h2-3,5H,1,4H2,(H2,16,20). The maximum atomic E-state index is 12.8. The topological polar surface area (TPSA) is 76.3 Å². The molecule has 0 radical (unpaired) electrons. The third-order valence-electron chi connectivity index (χ3n) is 2.95. The Bertz CT molecular complexity index is 577. The highest BCUT2D eigenvalue weighted by molar-refractivity contribution is 9.10. The first-order valence-electron chi connectivity index (χ1n) is 5.52. The highest BCUT2D eigenvalue weighted by atomic mass is 79.9. The van der Waals surface area contributed by atoms with Crippen LogP contribution < -0.4 is 10.6 Å². The number of pyridine rings is 1. The van der Waals surface area contributed by atoms with Gasteiger partial charge in [0.25, 0.3) is 0 Å². The van der Waals surface area contributed by atoms with Crippen LogP contribution in [0.3, 0.4) is 0 Å². The van der Waals surface area contributed by atoms with Gasteiger partial charge >= 0.3 is 6.18 Å². The second kappa shape index (κ2) is 5.04. The van der Waals surface area contributed by atoms with Gasteiger partial charge in [0, 0.05) is 23.6 Å². The Morgan fingerprint density at radius 1 is 1.50 bits per heavy atom. The van der Waals surface area contributed by atoms with Crippen LogP contribution in [-0.2, 0) is 15.8 Å². The minimum Gasteiger partial charge on any atom is -0.369 e. The third-order valence-corrected chi connectivity index (χ3v) is 3.58. The van der Waals surface area contributed by atoms with E-state index in [1.165, 1.54) is 0 Å². The number of carbonyl (C=O) groups is 2. The van der Waals surface area contributed by atoms with Gasteiger partial charge in [-0.2, -0.15) is 13.2 Å². The van der Waals surface area contributed by atoms with E-state index in [-0.39, 0.29) is 23.3 Å². The number of primary amides is 1. The van der Waals surface area contributed by atoms with Gasteiger partial charge in [-0.15, -0.1) is 0 Å². The van der Waals surface area contributed by atoms with E-state index in [1.807, 2.05) is 0 Å². The first kappa shape index (κ1) is 14.8. The van der Waals surface area contributed by atoms with Crippen molar-refractivity contribution in [3.05, 3.63) is 22.3 Å². The average molecular weight is 352 g/mol. The predicted molar refractivity (Wildman–Crippen MR) is 66.6 cm³/mol. The SMILES string of the molecule is NC(=O)C1CC(=O)N(c2cc(C(F)(F)F)c(Br)cn2)C1. The van der Waals surface area contributed by atoms with Crippen LogP contribution in [0.15, 0.2) is 16.7 Å². The van der Waals surface area contributed by atoms with Crippen LogP contribution in [-0.4, -0.2) is 23.3 Å². The van der Waals surface area contributed by atoms with E-state index in [9.17, 15) is 22.8 Å². The van der Waals surface area contributed by atoms with Gasteiger partial charge in [0.05, 0.1) is 11.5 Å². The normalized spacial score (nSPS) is 19.5. The molecule has 1 unspecified atom stereocenters. The molecule has 2 heterocycles. The summed E-state index contributed by atoms with van der Waals surface area (Å²) < 4.78 is 38.1. The number of anilines is 1. The smallest absolute Gasteiger partial charge is 0.369 e. The molecular formula is C11H9BrF3N3O2. The number of amides is 2. The van der Waals surface area contributed by atoms with Crippen molar-refractivity contribution in [1.29, 1.82) is 0 Å². The van der Waals surface area contributed by atoms with Crippen LogP contribution >= 0.6 is 15.9 Å².